The van der Waals surface area contributed by atoms with Crippen LogP contribution in [0.3, 0.4) is 0 Å². The number of aromatic nitrogens is 3. The van der Waals surface area contributed by atoms with Crippen molar-refractivity contribution >= 4 is 23.4 Å². The lowest BCUT2D eigenvalue weighted by Crippen LogP contribution is -2.32. The smallest absolute Gasteiger partial charge is 0.230 e. The highest BCUT2D eigenvalue weighted by molar-refractivity contribution is 7.99. The van der Waals surface area contributed by atoms with Gasteiger partial charge in [0.1, 0.15) is 11.5 Å². The average Bonchev–Trinajstić information content (AvgIpc) is 3.56. The molecule has 0 spiro atoms. The van der Waals surface area contributed by atoms with Crippen LogP contribution < -0.4 is 20.1 Å². The van der Waals surface area contributed by atoms with Crippen LogP contribution in [0.5, 0.6) is 11.5 Å². The molecule has 0 saturated carbocycles. The number of benzene rings is 2. The molecule has 1 atom stereocenters. The lowest BCUT2D eigenvalue weighted by molar-refractivity contribution is -0.119. The fourth-order valence-electron chi connectivity index (χ4n) is 3.73. The molecule has 10 heteroatoms. The second-order valence-electron chi connectivity index (χ2n) is 7.97. The van der Waals surface area contributed by atoms with E-state index in [9.17, 15) is 4.79 Å². The Morgan fingerprint density at radius 3 is 2.60 bits per heavy atom. The predicted molar refractivity (Wildman–Crippen MR) is 136 cm³/mol. The van der Waals surface area contributed by atoms with Crippen LogP contribution in [0.4, 0.5) is 5.69 Å². The largest absolute Gasteiger partial charge is 0.497 e. The Balaban J connectivity index is 1.44. The number of methoxy groups -OCH3 is 1. The van der Waals surface area contributed by atoms with Crippen molar-refractivity contribution < 1.29 is 19.0 Å². The van der Waals surface area contributed by atoms with Gasteiger partial charge in [0.15, 0.2) is 11.0 Å². The first-order chi connectivity index (χ1) is 17.2. The summed E-state index contributed by atoms with van der Waals surface area (Å²) in [5, 5.41) is 15.8. The molecule has 1 amide bonds. The SMILES string of the molecule is CCOc1ccc(NCc2nnc(SCC(=O)NCC3CCCO3)n2-c2ccc(OC)cc2)cc1. The number of ether oxygens (including phenoxy) is 3. The van der Waals surface area contributed by atoms with Gasteiger partial charge < -0.3 is 24.8 Å². The highest BCUT2D eigenvalue weighted by atomic mass is 32.2. The summed E-state index contributed by atoms with van der Waals surface area (Å²) in [5.41, 5.74) is 1.84. The van der Waals surface area contributed by atoms with E-state index in [0.717, 1.165) is 48.1 Å². The molecule has 35 heavy (non-hydrogen) atoms. The van der Waals surface area contributed by atoms with E-state index in [1.807, 2.05) is 60.0 Å². The third-order valence-corrected chi connectivity index (χ3v) is 6.46. The number of rotatable bonds is 12. The van der Waals surface area contributed by atoms with Gasteiger partial charge in [-0.15, -0.1) is 10.2 Å². The van der Waals surface area contributed by atoms with Crippen molar-refractivity contribution in [2.75, 3.05) is 37.9 Å². The van der Waals surface area contributed by atoms with Gasteiger partial charge in [-0.2, -0.15) is 0 Å². The van der Waals surface area contributed by atoms with E-state index in [2.05, 4.69) is 20.8 Å². The molecule has 1 saturated heterocycles. The van der Waals surface area contributed by atoms with Crippen LogP contribution in [0, 0.1) is 0 Å². The minimum atomic E-state index is -0.0520. The molecule has 2 N–H and O–H groups in total. The summed E-state index contributed by atoms with van der Waals surface area (Å²) < 4.78 is 18.3. The summed E-state index contributed by atoms with van der Waals surface area (Å²) in [4.78, 5) is 12.4. The molecule has 3 aromatic rings. The zero-order valence-corrected chi connectivity index (χ0v) is 20.8. The zero-order valence-electron chi connectivity index (χ0n) is 20.0. The molecule has 1 fully saturated rings. The van der Waals surface area contributed by atoms with Gasteiger partial charge in [0, 0.05) is 24.5 Å². The zero-order chi connectivity index (χ0) is 24.5. The molecule has 0 bridgehead atoms. The van der Waals surface area contributed by atoms with E-state index in [1.165, 1.54) is 11.8 Å². The number of anilines is 1. The minimum Gasteiger partial charge on any atom is -0.497 e. The lowest BCUT2D eigenvalue weighted by atomic mass is 10.2. The highest BCUT2D eigenvalue weighted by Crippen LogP contribution is 2.25. The van der Waals surface area contributed by atoms with Gasteiger partial charge >= 0.3 is 0 Å². The summed E-state index contributed by atoms with van der Waals surface area (Å²) in [6, 6.07) is 15.5. The van der Waals surface area contributed by atoms with Crippen LogP contribution in [0.2, 0.25) is 0 Å². The molecule has 2 aromatic carbocycles. The van der Waals surface area contributed by atoms with Gasteiger partial charge in [-0.05, 0) is 68.3 Å². The first kappa shape index (κ1) is 24.9. The third-order valence-electron chi connectivity index (χ3n) is 5.53. The second-order valence-corrected chi connectivity index (χ2v) is 8.91. The Morgan fingerprint density at radius 2 is 1.91 bits per heavy atom. The fraction of sp³-hybridized carbons (Fsp3) is 0.400. The predicted octanol–water partition coefficient (Wildman–Crippen LogP) is 3.67. The van der Waals surface area contributed by atoms with Crippen molar-refractivity contribution in [2.24, 2.45) is 0 Å². The van der Waals surface area contributed by atoms with Gasteiger partial charge in [-0.3, -0.25) is 9.36 Å². The van der Waals surface area contributed by atoms with Crippen molar-refractivity contribution in [2.45, 2.75) is 37.6 Å². The summed E-state index contributed by atoms with van der Waals surface area (Å²) >= 11 is 1.35. The van der Waals surface area contributed by atoms with Gasteiger partial charge in [0.05, 0.1) is 32.1 Å². The lowest BCUT2D eigenvalue weighted by Gasteiger charge is -2.13. The molecule has 1 aliphatic heterocycles. The number of hydrogen-bond acceptors (Lipinski definition) is 8. The molecule has 0 radical (unpaired) electrons. The molecule has 0 aliphatic carbocycles. The van der Waals surface area contributed by atoms with E-state index in [0.29, 0.717) is 24.9 Å². The van der Waals surface area contributed by atoms with Gasteiger partial charge in [-0.1, -0.05) is 11.8 Å². The number of hydrogen-bond donors (Lipinski definition) is 2. The molecule has 2 heterocycles. The maximum atomic E-state index is 12.4. The normalized spacial score (nSPS) is 15.1. The second kappa shape index (κ2) is 12.5. The van der Waals surface area contributed by atoms with Crippen LogP contribution in [-0.2, 0) is 16.1 Å². The average molecular weight is 498 g/mol. The fourth-order valence-corrected chi connectivity index (χ4v) is 4.53. The third kappa shape index (κ3) is 6.89. The van der Waals surface area contributed by atoms with E-state index in [1.54, 1.807) is 7.11 Å². The van der Waals surface area contributed by atoms with Gasteiger partial charge in [0.2, 0.25) is 5.91 Å². The number of thioether (sulfide) groups is 1. The van der Waals surface area contributed by atoms with E-state index >= 15 is 0 Å². The summed E-state index contributed by atoms with van der Waals surface area (Å²) in [7, 11) is 1.64. The number of carbonyl (C=O) groups is 1. The molecule has 1 aliphatic rings. The van der Waals surface area contributed by atoms with Gasteiger partial charge in [0.25, 0.3) is 0 Å². The summed E-state index contributed by atoms with van der Waals surface area (Å²) in [6.07, 6.45) is 2.16. The van der Waals surface area contributed by atoms with Crippen molar-refractivity contribution in [3.05, 3.63) is 54.4 Å². The number of nitrogens with one attached hydrogen (secondary N) is 2. The minimum absolute atomic E-state index is 0.0520. The maximum absolute atomic E-state index is 12.4. The maximum Gasteiger partial charge on any atom is 0.230 e. The van der Waals surface area contributed by atoms with Crippen LogP contribution in [0.25, 0.3) is 5.69 Å². The van der Waals surface area contributed by atoms with E-state index < -0.39 is 0 Å². The first-order valence-electron chi connectivity index (χ1n) is 11.7. The monoisotopic (exact) mass is 497 g/mol. The number of carbonyl (C=O) groups excluding carboxylic acids is 1. The molecule has 1 aromatic heterocycles. The Kier molecular flexibility index (Phi) is 8.85. The van der Waals surface area contributed by atoms with Crippen LogP contribution in [0.1, 0.15) is 25.6 Å². The Labute approximate surface area is 209 Å². The molecular weight excluding hydrogens is 466 g/mol. The topological polar surface area (TPSA) is 99.5 Å². The van der Waals surface area contributed by atoms with Crippen LogP contribution >= 0.6 is 11.8 Å². The van der Waals surface area contributed by atoms with Crippen molar-refractivity contribution in [1.29, 1.82) is 0 Å². The standard InChI is InChI=1S/C25H31N5O4S/c1-3-33-21-10-6-18(7-11-21)26-16-23-28-29-25(30(23)19-8-12-20(32-2)13-9-19)35-17-24(31)27-15-22-5-4-14-34-22/h6-13,22,26H,3-5,14-17H2,1-2H3,(H,27,31). The van der Waals surface area contributed by atoms with Gasteiger partial charge in [-0.25, -0.2) is 0 Å². The summed E-state index contributed by atoms with van der Waals surface area (Å²) in [5.74, 6) is 2.51. The van der Waals surface area contributed by atoms with E-state index in [4.69, 9.17) is 14.2 Å². The Bertz CT molecular complexity index is 1080. The van der Waals surface area contributed by atoms with Crippen LogP contribution in [0.15, 0.2) is 53.7 Å². The number of amides is 1. The van der Waals surface area contributed by atoms with E-state index in [-0.39, 0.29) is 17.8 Å². The molecule has 1 unspecified atom stereocenters. The molecule has 186 valence electrons. The Morgan fingerprint density at radius 1 is 1.14 bits per heavy atom. The first-order valence-corrected chi connectivity index (χ1v) is 12.7. The molecule has 9 nitrogen and oxygen atoms in total. The molecular formula is C25H31N5O4S. The van der Waals surface area contributed by atoms with Crippen molar-refractivity contribution in [3.8, 4) is 17.2 Å². The van der Waals surface area contributed by atoms with Crippen LogP contribution in [-0.4, -0.2) is 59.4 Å². The van der Waals surface area contributed by atoms with Crippen molar-refractivity contribution in [3.63, 3.8) is 0 Å². The number of nitrogens with zero attached hydrogens (tertiary/aromatic N) is 3. The Hall–Kier alpha value is -3.24. The van der Waals surface area contributed by atoms with Crippen molar-refractivity contribution in [1.82, 2.24) is 20.1 Å². The highest BCUT2D eigenvalue weighted by Gasteiger charge is 2.18. The quantitative estimate of drug-likeness (QED) is 0.366. The molecule has 4 rings (SSSR count). The summed E-state index contributed by atoms with van der Waals surface area (Å²) in [6.45, 7) is 4.36.